The quantitative estimate of drug-likeness (QED) is 0.523. The zero-order chi connectivity index (χ0) is 15.4. The molecular formula is C15H16N2O3S. The van der Waals surface area contributed by atoms with Gasteiger partial charge in [0, 0.05) is 23.1 Å². The predicted molar refractivity (Wildman–Crippen MR) is 83.7 cm³/mol. The van der Waals surface area contributed by atoms with Crippen molar-refractivity contribution in [3.05, 3.63) is 63.7 Å². The molecule has 0 aliphatic rings. The highest BCUT2D eigenvalue weighted by Crippen LogP contribution is 2.22. The van der Waals surface area contributed by atoms with Gasteiger partial charge in [0.15, 0.2) is 0 Å². The standard InChI is InChI=1S/C15H16N2O3S/c1-11-6-7-13(16)15(10-11)21(20)9-8-12-4-2-3-5-14(12)17(18)19/h2-7,10H,8-9,16H2,1H3. The van der Waals surface area contributed by atoms with Crippen LogP contribution >= 0.6 is 0 Å². The van der Waals surface area contributed by atoms with E-state index in [1.807, 2.05) is 13.0 Å². The molecule has 2 aromatic rings. The van der Waals surface area contributed by atoms with Crippen LogP contribution in [0.15, 0.2) is 47.4 Å². The van der Waals surface area contributed by atoms with E-state index in [1.165, 1.54) is 6.07 Å². The van der Waals surface area contributed by atoms with Gasteiger partial charge >= 0.3 is 0 Å². The lowest BCUT2D eigenvalue weighted by Gasteiger charge is -2.07. The second-order valence-corrected chi connectivity index (χ2v) is 6.27. The van der Waals surface area contributed by atoms with Gasteiger partial charge in [0.25, 0.3) is 5.69 Å². The molecule has 0 bridgehead atoms. The van der Waals surface area contributed by atoms with Gasteiger partial charge in [0.05, 0.1) is 20.6 Å². The summed E-state index contributed by atoms with van der Waals surface area (Å²) in [7, 11) is -1.27. The predicted octanol–water partition coefficient (Wildman–Crippen LogP) is 2.84. The minimum absolute atomic E-state index is 0.0618. The van der Waals surface area contributed by atoms with Crippen LogP contribution in [0.2, 0.25) is 0 Å². The number of benzene rings is 2. The van der Waals surface area contributed by atoms with Crippen LogP contribution in [0.4, 0.5) is 11.4 Å². The van der Waals surface area contributed by atoms with Crippen molar-refractivity contribution in [2.45, 2.75) is 18.2 Å². The number of para-hydroxylation sites is 1. The van der Waals surface area contributed by atoms with Gasteiger partial charge in [-0.1, -0.05) is 24.3 Å². The lowest BCUT2D eigenvalue weighted by atomic mass is 10.1. The Morgan fingerprint density at radius 3 is 2.67 bits per heavy atom. The first kappa shape index (κ1) is 15.2. The summed E-state index contributed by atoms with van der Waals surface area (Å²) in [6, 6.07) is 11.9. The fourth-order valence-electron chi connectivity index (χ4n) is 2.05. The van der Waals surface area contributed by atoms with Gasteiger partial charge in [-0.25, -0.2) is 0 Å². The Morgan fingerprint density at radius 1 is 1.24 bits per heavy atom. The molecule has 2 N–H and O–H groups in total. The molecule has 0 saturated carbocycles. The van der Waals surface area contributed by atoms with Crippen LogP contribution in [-0.2, 0) is 17.2 Å². The number of nitrogens with zero attached hydrogens (tertiary/aromatic N) is 1. The van der Waals surface area contributed by atoms with Crippen LogP contribution in [0.3, 0.4) is 0 Å². The summed E-state index contributed by atoms with van der Waals surface area (Å²) in [5, 5.41) is 10.9. The molecule has 0 heterocycles. The number of rotatable bonds is 5. The number of nitro benzene ring substituents is 1. The summed E-state index contributed by atoms with van der Waals surface area (Å²) < 4.78 is 12.3. The van der Waals surface area contributed by atoms with Crippen molar-refractivity contribution in [1.29, 1.82) is 0 Å². The lowest BCUT2D eigenvalue weighted by molar-refractivity contribution is -0.385. The monoisotopic (exact) mass is 304 g/mol. The van der Waals surface area contributed by atoms with Gasteiger partial charge in [0.1, 0.15) is 0 Å². The average molecular weight is 304 g/mol. The molecule has 0 fully saturated rings. The van der Waals surface area contributed by atoms with Gasteiger partial charge in [-0.05, 0) is 31.0 Å². The molecule has 1 atom stereocenters. The summed E-state index contributed by atoms with van der Waals surface area (Å²) in [6.07, 6.45) is 0.372. The summed E-state index contributed by atoms with van der Waals surface area (Å²) in [6.45, 7) is 1.90. The number of anilines is 1. The highest BCUT2D eigenvalue weighted by molar-refractivity contribution is 7.85. The van der Waals surface area contributed by atoms with Crippen molar-refractivity contribution >= 4 is 22.2 Å². The number of nitro groups is 1. The summed E-state index contributed by atoms with van der Waals surface area (Å²) in [5.74, 6) is 0.304. The first-order valence-corrected chi connectivity index (χ1v) is 7.77. The zero-order valence-electron chi connectivity index (χ0n) is 11.6. The van der Waals surface area contributed by atoms with Crippen LogP contribution in [-0.4, -0.2) is 14.9 Å². The van der Waals surface area contributed by atoms with Crippen LogP contribution in [0, 0.1) is 17.0 Å². The van der Waals surface area contributed by atoms with E-state index in [-0.39, 0.29) is 5.69 Å². The van der Waals surface area contributed by atoms with E-state index in [2.05, 4.69) is 0 Å². The Morgan fingerprint density at radius 2 is 1.95 bits per heavy atom. The summed E-state index contributed by atoms with van der Waals surface area (Å²) >= 11 is 0. The highest BCUT2D eigenvalue weighted by Gasteiger charge is 2.14. The van der Waals surface area contributed by atoms with Crippen molar-refractivity contribution in [2.75, 3.05) is 11.5 Å². The first-order chi connectivity index (χ1) is 9.99. The average Bonchev–Trinajstić information content (AvgIpc) is 2.47. The summed E-state index contributed by atoms with van der Waals surface area (Å²) in [4.78, 5) is 11.1. The van der Waals surface area contributed by atoms with E-state index in [4.69, 9.17) is 5.73 Å². The van der Waals surface area contributed by atoms with E-state index in [0.29, 0.717) is 28.3 Å². The number of nitrogen functional groups attached to an aromatic ring is 1. The van der Waals surface area contributed by atoms with Crippen molar-refractivity contribution < 1.29 is 9.13 Å². The second-order valence-electron chi connectivity index (χ2n) is 4.73. The third-order valence-corrected chi connectivity index (χ3v) is 4.58. The fraction of sp³-hybridized carbons (Fsp3) is 0.200. The molecule has 1 unspecified atom stereocenters. The first-order valence-electron chi connectivity index (χ1n) is 6.46. The second kappa shape index (κ2) is 6.49. The van der Waals surface area contributed by atoms with Crippen LogP contribution < -0.4 is 5.73 Å². The Bertz CT molecular complexity index is 701. The van der Waals surface area contributed by atoms with E-state index in [9.17, 15) is 14.3 Å². The van der Waals surface area contributed by atoms with Gasteiger partial charge < -0.3 is 5.73 Å². The third kappa shape index (κ3) is 3.66. The number of hydrogen-bond acceptors (Lipinski definition) is 4. The molecule has 5 nitrogen and oxygen atoms in total. The third-order valence-electron chi connectivity index (χ3n) is 3.16. The molecule has 0 aromatic heterocycles. The van der Waals surface area contributed by atoms with Crippen molar-refractivity contribution in [1.82, 2.24) is 0 Å². The molecule has 2 aromatic carbocycles. The number of hydrogen-bond donors (Lipinski definition) is 1. The minimum Gasteiger partial charge on any atom is -0.398 e. The van der Waals surface area contributed by atoms with Crippen LogP contribution in [0.25, 0.3) is 0 Å². The molecule has 0 aliphatic heterocycles. The number of nitrogens with two attached hydrogens (primary N) is 1. The van der Waals surface area contributed by atoms with Crippen molar-refractivity contribution in [2.24, 2.45) is 0 Å². The highest BCUT2D eigenvalue weighted by atomic mass is 32.2. The summed E-state index contributed by atoms with van der Waals surface area (Å²) in [5.41, 5.74) is 7.96. The van der Waals surface area contributed by atoms with Gasteiger partial charge in [-0.3, -0.25) is 14.3 Å². The Labute approximate surface area is 125 Å². The SMILES string of the molecule is Cc1ccc(N)c(S(=O)CCc2ccccc2[N+](=O)[O-])c1. The van der Waals surface area contributed by atoms with Gasteiger partial charge in [-0.15, -0.1) is 0 Å². The molecule has 0 spiro atoms. The maximum atomic E-state index is 12.3. The smallest absolute Gasteiger partial charge is 0.272 e. The normalized spacial score (nSPS) is 12.0. The molecule has 2 rings (SSSR count). The maximum Gasteiger partial charge on any atom is 0.272 e. The van der Waals surface area contributed by atoms with Crippen LogP contribution in [0.1, 0.15) is 11.1 Å². The Balaban J connectivity index is 2.15. The molecular weight excluding hydrogens is 288 g/mol. The molecule has 6 heteroatoms. The molecule has 0 radical (unpaired) electrons. The topological polar surface area (TPSA) is 86.2 Å². The largest absolute Gasteiger partial charge is 0.398 e. The number of aryl methyl sites for hydroxylation is 2. The maximum absolute atomic E-state index is 12.3. The Kier molecular flexibility index (Phi) is 4.70. The van der Waals surface area contributed by atoms with E-state index in [0.717, 1.165) is 5.56 Å². The molecule has 21 heavy (non-hydrogen) atoms. The molecule has 0 amide bonds. The van der Waals surface area contributed by atoms with Gasteiger partial charge in [-0.2, -0.15) is 0 Å². The van der Waals surface area contributed by atoms with Gasteiger partial charge in [0.2, 0.25) is 0 Å². The lowest BCUT2D eigenvalue weighted by Crippen LogP contribution is -2.06. The minimum atomic E-state index is -1.27. The van der Waals surface area contributed by atoms with Crippen molar-refractivity contribution in [3.8, 4) is 0 Å². The van der Waals surface area contributed by atoms with Crippen molar-refractivity contribution in [3.63, 3.8) is 0 Å². The van der Waals surface area contributed by atoms with E-state index >= 15 is 0 Å². The Hall–Kier alpha value is -2.21. The fourth-order valence-corrected chi connectivity index (χ4v) is 3.33. The van der Waals surface area contributed by atoms with Crippen LogP contribution in [0.5, 0.6) is 0 Å². The molecule has 0 aliphatic carbocycles. The van der Waals surface area contributed by atoms with E-state index < -0.39 is 15.7 Å². The van der Waals surface area contributed by atoms with E-state index in [1.54, 1.807) is 30.3 Å². The molecule has 0 saturated heterocycles. The zero-order valence-corrected chi connectivity index (χ0v) is 12.4. The molecule has 110 valence electrons.